The predicted molar refractivity (Wildman–Crippen MR) is 78.3 cm³/mol. The van der Waals surface area contributed by atoms with Crippen molar-refractivity contribution in [2.75, 3.05) is 0 Å². The summed E-state index contributed by atoms with van der Waals surface area (Å²) >= 11 is 1.50. The number of nitrogens with one attached hydrogen (secondary N) is 1. The van der Waals surface area contributed by atoms with Gasteiger partial charge in [-0.05, 0) is 27.7 Å². The normalized spacial score (nSPS) is 12.1. The minimum atomic E-state index is -3.57. The summed E-state index contributed by atoms with van der Waals surface area (Å²) in [5.74, 6) is 0. The maximum atomic E-state index is 12.4. The summed E-state index contributed by atoms with van der Waals surface area (Å²) in [6.07, 6.45) is 0. The Morgan fingerprint density at radius 1 is 1.20 bits per heavy atom. The van der Waals surface area contributed by atoms with Crippen molar-refractivity contribution in [2.24, 2.45) is 7.05 Å². The monoisotopic (exact) mass is 314 g/mol. The lowest BCUT2D eigenvalue weighted by atomic mass is 10.4. The van der Waals surface area contributed by atoms with Gasteiger partial charge in [0.15, 0.2) is 0 Å². The molecule has 2 aromatic heterocycles. The summed E-state index contributed by atoms with van der Waals surface area (Å²) in [4.78, 5) is 5.69. The van der Waals surface area contributed by atoms with Crippen LogP contribution in [-0.4, -0.2) is 23.2 Å². The van der Waals surface area contributed by atoms with Crippen LogP contribution in [0.25, 0.3) is 0 Å². The molecule has 0 fully saturated rings. The lowest BCUT2D eigenvalue weighted by Crippen LogP contribution is -2.24. The van der Waals surface area contributed by atoms with Crippen molar-refractivity contribution in [1.29, 1.82) is 0 Å². The number of thiazole rings is 1. The standard InChI is InChI=1S/C12H18N4O2S2/c1-7-10(4)19-11(14-7)6-13-20(17,18)12-8(2)15-16(5)9(12)3/h13H,6H2,1-5H3. The van der Waals surface area contributed by atoms with Crippen LogP contribution in [0.2, 0.25) is 0 Å². The Bertz CT molecular complexity index is 724. The molecule has 0 atom stereocenters. The van der Waals surface area contributed by atoms with Crippen LogP contribution >= 0.6 is 11.3 Å². The number of sulfonamides is 1. The first kappa shape index (κ1) is 15.1. The van der Waals surface area contributed by atoms with E-state index in [4.69, 9.17) is 0 Å². The first-order chi connectivity index (χ1) is 9.22. The number of hydrogen-bond acceptors (Lipinski definition) is 5. The molecule has 0 aliphatic rings. The summed E-state index contributed by atoms with van der Waals surface area (Å²) in [5.41, 5.74) is 2.07. The van der Waals surface area contributed by atoms with E-state index in [0.717, 1.165) is 15.6 Å². The van der Waals surface area contributed by atoms with Crippen molar-refractivity contribution in [3.63, 3.8) is 0 Å². The third kappa shape index (κ3) is 2.77. The molecule has 0 unspecified atom stereocenters. The van der Waals surface area contributed by atoms with Crippen LogP contribution in [0.3, 0.4) is 0 Å². The van der Waals surface area contributed by atoms with Gasteiger partial charge in [0.1, 0.15) is 9.90 Å². The lowest BCUT2D eigenvalue weighted by Gasteiger charge is -2.05. The molecule has 0 radical (unpaired) electrons. The van der Waals surface area contributed by atoms with Gasteiger partial charge in [-0.3, -0.25) is 4.68 Å². The maximum absolute atomic E-state index is 12.4. The number of aryl methyl sites for hydroxylation is 4. The molecule has 0 aliphatic carbocycles. The fourth-order valence-corrected chi connectivity index (χ4v) is 4.37. The summed E-state index contributed by atoms with van der Waals surface area (Å²) < 4.78 is 28.9. The molecule has 2 rings (SSSR count). The summed E-state index contributed by atoms with van der Waals surface area (Å²) in [6.45, 7) is 7.53. The highest BCUT2D eigenvalue weighted by molar-refractivity contribution is 7.89. The van der Waals surface area contributed by atoms with Crippen molar-refractivity contribution in [1.82, 2.24) is 19.5 Å². The second-order valence-corrected chi connectivity index (χ2v) is 7.69. The van der Waals surface area contributed by atoms with Crippen molar-refractivity contribution in [3.8, 4) is 0 Å². The Balaban J connectivity index is 2.23. The van der Waals surface area contributed by atoms with Crippen LogP contribution in [0.15, 0.2) is 4.90 Å². The zero-order valence-electron chi connectivity index (χ0n) is 12.2. The number of aromatic nitrogens is 3. The average Bonchev–Trinajstić information content (AvgIpc) is 2.78. The minimum absolute atomic E-state index is 0.204. The lowest BCUT2D eigenvalue weighted by molar-refractivity contribution is 0.579. The Morgan fingerprint density at radius 2 is 1.85 bits per heavy atom. The molecule has 0 aliphatic heterocycles. The van der Waals surface area contributed by atoms with Gasteiger partial charge in [-0.25, -0.2) is 18.1 Å². The van der Waals surface area contributed by atoms with E-state index in [2.05, 4.69) is 14.8 Å². The molecule has 0 aromatic carbocycles. The molecule has 20 heavy (non-hydrogen) atoms. The van der Waals surface area contributed by atoms with Gasteiger partial charge in [-0.15, -0.1) is 11.3 Å². The highest BCUT2D eigenvalue weighted by Gasteiger charge is 2.23. The molecular weight excluding hydrogens is 296 g/mol. The van der Waals surface area contributed by atoms with Gasteiger partial charge in [0.05, 0.1) is 23.6 Å². The van der Waals surface area contributed by atoms with Gasteiger partial charge in [0, 0.05) is 11.9 Å². The Kier molecular flexibility index (Phi) is 3.99. The molecular formula is C12H18N4O2S2. The van der Waals surface area contributed by atoms with E-state index in [0.29, 0.717) is 11.4 Å². The van der Waals surface area contributed by atoms with Crippen LogP contribution in [-0.2, 0) is 23.6 Å². The number of rotatable bonds is 4. The minimum Gasteiger partial charge on any atom is -0.271 e. The van der Waals surface area contributed by atoms with Crippen LogP contribution in [0.1, 0.15) is 27.0 Å². The third-order valence-corrected chi connectivity index (χ3v) is 5.92. The highest BCUT2D eigenvalue weighted by atomic mass is 32.2. The van der Waals surface area contributed by atoms with Crippen molar-refractivity contribution in [2.45, 2.75) is 39.1 Å². The van der Waals surface area contributed by atoms with Crippen LogP contribution in [0.5, 0.6) is 0 Å². The van der Waals surface area contributed by atoms with Gasteiger partial charge < -0.3 is 0 Å². The second kappa shape index (κ2) is 5.27. The number of nitrogens with zero attached hydrogens (tertiary/aromatic N) is 3. The fraction of sp³-hybridized carbons (Fsp3) is 0.500. The van der Waals surface area contributed by atoms with Gasteiger partial charge in [0.25, 0.3) is 0 Å². The fourth-order valence-electron chi connectivity index (χ4n) is 1.99. The molecule has 110 valence electrons. The smallest absolute Gasteiger partial charge is 0.244 e. The van der Waals surface area contributed by atoms with Crippen LogP contribution in [0.4, 0.5) is 0 Å². The zero-order valence-corrected chi connectivity index (χ0v) is 13.8. The van der Waals surface area contributed by atoms with Crippen molar-refractivity contribution < 1.29 is 8.42 Å². The Hall–Kier alpha value is -1.25. The van der Waals surface area contributed by atoms with E-state index in [1.807, 2.05) is 13.8 Å². The molecule has 2 aromatic rings. The quantitative estimate of drug-likeness (QED) is 0.929. The van der Waals surface area contributed by atoms with E-state index in [9.17, 15) is 8.42 Å². The third-order valence-electron chi connectivity index (χ3n) is 3.20. The van der Waals surface area contributed by atoms with E-state index in [-0.39, 0.29) is 11.4 Å². The van der Waals surface area contributed by atoms with Crippen LogP contribution < -0.4 is 4.72 Å². The molecule has 0 saturated heterocycles. The molecule has 0 spiro atoms. The van der Waals surface area contributed by atoms with Gasteiger partial charge in [0.2, 0.25) is 10.0 Å². The first-order valence-electron chi connectivity index (χ1n) is 6.15. The molecule has 6 nitrogen and oxygen atoms in total. The topological polar surface area (TPSA) is 76.9 Å². The molecule has 0 bridgehead atoms. The van der Waals surface area contributed by atoms with Gasteiger partial charge >= 0.3 is 0 Å². The highest BCUT2D eigenvalue weighted by Crippen LogP contribution is 2.20. The first-order valence-corrected chi connectivity index (χ1v) is 8.45. The summed E-state index contributed by atoms with van der Waals surface area (Å²) in [6, 6.07) is 0. The van der Waals surface area contributed by atoms with Gasteiger partial charge in [-0.1, -0.05) is 0 Å². The van der Waals surface area contributed by atoms with E-state index < -0.39 is 10.0 Å². The second-order valence-electron chi connectivity index (χ2n) is 4.70. The van der Waals surface area contributed by atoms with Gasteiger partial charge in [-0.2, -0.15) is 5.10 Å². The van der Waals surface area contributed by atoms with E-state index in [1.54, 1.807) is 25.6 Å². The maximum Gasteiger partial charge on any atom is 0.244 e. The van der Waals surface area contributed by atoms with E-state index >= 15 is 0 Å². The average molecular weight is 314 g/mol. The molecule has 0 saturated carbocycles. The Labute approximate surface area is 122 Å². The van der Waals surface area contributed by atoms with Crippen LogP contribution in [0, 0.1) is 27.7 Å². The molecule has 1 N–H and O–H groups in total. The molecule has 8 heteroatoms. The van der Waals surface area contributed by atoms with Crippen molar-refractivity contribution >= 4 is 21.4 Å². The molecule has 0 amide bonds. The molecule has 2 heterocycles. The number of hydrogen-bond donors (Lipinski definition) is 1. The van der Waals surface area contributed by atoms with E-state index in [1.165, 1.54) is 11.3 Å². The summed E-state index contributed by atoms with van der Waals surface area (Å²) in [5, 5.41) is 4.90. The predicted octanol–water partition coefficient (Wildman–Crippen LogP) is 1.59. The summed E-state index contributed by atoms with van der Waals surface area (Å²) in [7, 11) is -1.84. The van der Waals surface area contributed by atoms with Crippen molar-refractivity contribution in [3.05, 3.63) is 27.0 Å². The largest absolute Gasteiger partial charge is 0.271 e. The zero-order chi connectivity index (χ0) is 15.1. The Morgan fingerprint density at radius 3 is 2.30 bits per heavy atom. The SMILES string of the molecule is Cc1nc(CNS(=O)(=O)c2c(C)nn(C)c2C)sc1C.